The first-order chi connectivity index (χ1) is 17.7. The van der Waals surface area contributed by atoms with E-state index in [2.05, 4.69) is 67.1 Å². The minimum Gasteiger partial charge on any atom is -0.399 e. The van der Waals surface area contributed by atoms with Crippen LogP contribution in [0.4, 0.5) is 28.6 Å². The molecule has 0 bridgehead atoms. The second kappa shape index (κ2) is 9.79. The highest BCUT2D eigenvalue weighted by molar-refractivity contribution is 5.77. The number of nitrogens with zero attached hydrogens (tertiary/aromatic N) is 7. The summed E-state index contributed by atoms with van der Waals surface area (Å²) in [7, 11) is 2.23. The Morgan fingerprint density at radius 3 is 2.36 bits per heavy atom. The number of nitrogens with two attached hydrogens (primary N) is 1. The molecule has 2 N–H and O–H groups in total. The van der Waals surface area contributed by atoms with E-state index >= 15 is 0 Å². The molecule has 2 fully saturated rings. The Morgan fingerprint density at radius 2 is 1.61 bits per heavy atom. The fraction of sp³-hybridized carbons (Fsp3) is 0.357. The van der Waals surface area contributed by atoms with Crippen LogP contribution >= 0.6 is 0 Å². The van der Waals surface area contributed by atoms with Gasteiger partial charge >= 0.3 is 0 Å². The van der Waals surface area contributed by atoms with Crippen LogP contribution in [0.1, 0.15) is 12.8 Å². The van der Waals surface area contributed by atoms with E-state index in [-0.39, 0.29) is 0 Å². The smallest absolute Gasteiger partial charge is 0.157 e. The lowest BCUT2D eigenvalue weighted by Gasteiger charge is -2.43. The highest BCUT2D eigenvalue weighted by Crippen LogP contribution is 2.36. The van der Waals surface area contributed by atoms with Gasteiger partial charge in [-0.25, -0.2) is 4.98 Å². The van der Waals surface area contributed by atoms with Crippen LogP contribution in [-0.2, 0) is 0 Å². The van der Waals surface area contributed by atoms with Gasteiger partial charge in [-0.15, -0.1) is 0 Å². The summed E-state index contributed by atoms with van der Waals surface area (Å²) in [4.78, 5) is 14.3. The van der Waals surface area contributed by atoms with Crippen molar-refractivity contribution in [2.24, 2.45) is 0 Å². The molecule has 4 aromatic rings. The molecule has 0 spiro atoms. The Morgan fingerprint density at radius 1 is 0.833 bits per heavy atom. The number of piperazine rings is 1. The number of hydrogen-bond donors (Lipinski definition) is 1. The van der Waals surface area contributed by atoms with Crippen LogP contribution in [0.5, 0.6) is 0 Å². The topological polar surface area (TPSA) is 69.2 Å². The van der Waals surface area contributed by atoms with Crippen molar-refractivity contribution in [1.82, 2.24) is 24.4 Å². The van der Waals surface area contributed by atoms with Crippen molar-refractivity contribution in [3.8, 4) is 0 Å². The second-order valence-corrected chi connectivity index (χ2v) is 9.91. The molecular formula is C28H34N8. The van der Waals surface area contributed by atoms with E-state index in [1.165, 1.54) is 31.6 Å². The maximum atomic E-state index is 6.16. The summed E-state index contributed by atoms with van der Waals surface area (Å²) in [5.41, 5.74) is 11.0. The number of fused-ring (bicyclic) bond motifs is 1. The van der Waals surface area contributed by atoms with Gasteiger partial charge < -0.3 is 15.5 Å². The molecule has 0 aliphatic carbocycles. The molecule has 8 nitrogen and oxygen atoms in total. The largest absolute Gasteiger partial charge is 0.399 e. The predicted molar refractivity (Wildman–Crippen MR) is 146 cm³/mol. The number of aromatic nitrogens is 3. The van der Waals surface area contributed by atoms with Crippen LogP contribution in [0.15, 0.2) is 73.1 Å². The number of likely N-dealkylation sites (tertiary alicyclic amines) is 1. The molecule has 6 rings (SSSR count). The van der Waals surface area contributed by atoms with Gasteiger partial charge in [0.05, 0.1) is 6.20 Å². The molecule has 0 saturated carbocycles. The maximum absolute atomic E-state index is 6.16. The minimum absolute atomic E-state index is 0.724. The van der Waals surface area contributed by atoms with Crippen molar-refractivity contribution in [2.75, 3.05) is 61.8 Å². The number of benzene rings is 2. The molecule has 0 amide bonds. The highest BCUT2D eigenvalue weighted by atomic mass is 15.3. The number of hydrogen-bond acceptors (Lipinski definition) is 7. The third-order valence-corrected chi connectivity index (χ3v) is 7.62. The quantitative estimate of drug-likeness (QED) is 0.431. The Balaban J connectivity index is 1.23. The van der Waals surface area contributed by atoms with Crippen LogP contribution in [0.25, 0.3) is 5.65 Å². The van der Waals surface area contributed by atoms with Gasteiger partial charge in [0.15, 0.2) is 5.65 Å². The zero-order chi connectivity index (χ0) is 24.5. The van der Waals surface area contributed by atoms with E-state index < -0.39 is 0 Å². The first-order valence-corrected chi connectivity index (χ1v) is 12.9. The fourth-order valence-electron chi connectivity index (χ4n) is 5.59. The number of rotatable bonds is 5. The minimum atomic E-state index is 0.724. The van der Waals surface area contributed by atoms with Crippen LogP contribution in [0.2, 0.25) is 0 Å². The predicted octanol–water partition coefficient (Wildman–Crippen LogP) is 4.00. The van der Waals surface area contributed by atoms with Crippen molar-refractivity contribution in [3.05, 3.63) is 73.1 Å². The van der Waals surface area contributed by atoms with Gasteiger partial charge in [0.2, 0.25) is 0 Å². The Hall–Kier alpha value is -3.62. The van der Waals surface area contributed by atoms with E-state index in [0.29, 0.717) is 0 Å². The zero-order valence-corrected chi connectivity index (χ0v) is 20.9. The Kier molecular flexibility index (Phi) is 6.21. The van der Waals surface area contributed by atoms with Crippen LogP contribution < -0.4 is 15.5 Å². The molecule has 4 heterocycles. The average molecular weight is 483 g/mol. The first kappa shape index (κ1) is 22.8. The van der Waals surface area contributed by atoms with Crippen molar-refractivity contribution in [2.45, 2.75) is 18.9 Å². The van der Waals surface area contributed by atoms with E-state index in [1.54, 1.807) is 6.20 Å². The summed E-state index contributed by atoms with van der Waals surface area (Å²) in [5, 5.41) is 4.52. The van der Waals surface area contributed by atoms with Gasteiger partial charge in [-0.1, -0.05) is 6.07 Å². The second-order valence-electron chi connectivity index (χ2n) is 9.91. The molecule has 2 aliphatic rings. The first-order valence-electron chi connectivity index (χ1n) is 12.9. The third kappa shape index (κ3) is 4.50. The standard InChI is InChI=1S/C28H34N8/c1-32-15-11-24(12-16-32)34-19-17-33(18-20-34)23-5-7-25(8-6-23)35(26-4-2-3-22(29)21-26)28-10-13-30-27-9-14-31-36(27)28/h2-10,13-14,21,24H,11-12,15-20,29H2,1H3. The van der Waals surface area contributed by atoms with Gasteiger partial charge in [0.25, 0.3) is 0 Å². The lowest BCUT2D eigenvalue weighted by atomic mass is 10.0. The summed E-state index contributed by atoms with van der Waals surface area (Å²) in [6.07, 6.45) is 6.19. The molecule has 2 aromatic carbocycles. The fourth-order valence-corrected chi connectivity index (χ4v) is 5.59. The zero-order valence-electron chi connectivity index (χ0n) is 20.9. The molecule has 8 heteroatoms. The van der Waals surface area contributed by atoms with Crippen molar-refractivity contribution in [1.29, 1.82) is 0 Å². The van der Waals surface area contributed by atoms with Crippen molar-refractivity contribution >= 4 is 34.2 Å². The number of anilines is 5. The molecule has 186 valence electrons. The molecule has 36 heavy (non-hydrogen) atoms. The van der Waals surface area contributed by atoms with Gasteiger partial charge in [-0.05, 0) is 81.5 Å². The van der Waals surface area contributed by atoms with Gasteiger partial charge in [-0.3, -0.25) is 9.80 Å². The molecule has 2 saturated heterocycles. The Bertz CT molecular complexity index is 1300. The van der Waals surface area contributed by atoms with Gasteiger partial charge in [-0.2, -0.15) is 9.61 Å². The molecule has 2 aromatic heterocycles. The maximum Gasteiger partial charge on any atom is 0.157 e. The van der Waals surface area contributed by atoms with Crippen molar-refractivity contribution in [3.63, 3.8) is 0 Å². The number of piperidine rings is 1. The molecule has 0 radical (unpaired) electrons. The lowest BCUT2D eigenvalue weighted by molar-refractivity contribution is 0.115. The van der Waals surface area contributed by atoms with E-state index in [1.807, 2.05) is 41.0 Å². The molecule has 2 aliphatic heterocycles. The van der Waals surface area contributed by atoms with Gasteiger partial charge in [0.1, 0.15) is 5.82 Å². The number of nitrogen functional groups attached to an aromatic ring is 1. The summed E-state index contributed by atoms with van der Waals surface area (Å²) < 4.78 is 1.86. The Labute approximate surface area is 212 Å². The summed E-state index contributed by atoms with van der Waals surface area (Å²) in [6.45, 7) is 6.86. The van der Waals surface area contributed by atoms with Crippen LogP contribution in [0.3, 0.4) is 0 Å². The monoisotopic (exact) mass is 482 g/mol. The van der Waals surface area contributed by atoms with Crippen LogP contribution in [-0.4, -0.2) is 76.8 Å². The van der Waals surface area contributed by atoms with E-state index in [4.69, 9.17) is 5.73 Å². The summed E-state index contributed by atoms with van der Waals surface area (Å²) >= 11 is 0. The molecule has 0 atom stereocenters. The summed E-state index contributed by atoms with van der Waals surface area (Å²) in [5.74, 6) is 0.912. The lowest BCUT2D eigenvalue weighted by Crippen LogP contribution is -2.53. The molecule has 0 unspecified atom stereocenters. The normalized spacial score (nSPS) is 18.1. The van der Waals surface area contributed by atoms with Gasteiger partial charge in [0, 0.05) is 67.2 Å². The molecular weight excluding hydrogens is 448 g/mol. The van der Waals surface area contributed by atoms with E-state index in [9.17, 15) is 0 Å². The SMILES string of the molecule is CN1CCC(N2CCN(c3ccc(N(c4cccc(N)c4)c4ccnc5ccnn45)cc3)CC2)CC1. The summed E-state index contributed by atoms with van der Waals surface area (Å²) in [6, 6.07) is 21.5. The third-order valence-electron chi connectivity index (χ3n) is 7.62. The highest BCUT2D eigenvalue weighted by Gasteiger charge is 2.26. The van der Waals surface area contributed by atoms with Crippen LogP contribution in [0, 0.1) is 0 Å². The van der Waals surface area contributed by atoms with E-state index in [0.717, 1.165) is 60.7 Å². The average Bonchev–Trinajstić information content (AvgIpc) is 3.40. The van der Waals surface area contributed by atoms with Crippen molar-refractivity contribution < 1.29 is 0 Å².